The van der Waals surface area contributed by atoms with Gasteiger partial charge in [-0.1, -0.05) is 54.6 Å². The van der Waals surface area contributed by atoms with Crippen LogP contribution in [0.25, 0.3) is 21.8 Å². The number of anilines is 1. The number of fused-ring (bicyclic) bond motifs is 3. The monoisotopic (exact) mass is 531 g/mol. The highest BCUT2D eigenvalue weighted by atomic mass is 35.5. The molecule has 38 heavy (non-hydrogen) atoms. The molecule has 0 aliphatic heterocycles. The zero-order valence-electron chi connectivity index (χ0n) is 20.7. The van der Waals surface area contributed by atoms with E-state index in [4.69, 9.17) is 9.47 Å². The number of hydrogen-bond acceptors (Lipinski definition) is 5. The summed E-state index contributed by atoms with van der Waals surface area (Å²) in [6, 6.07) is 29.3. The number of ether oxygens (including phenoxy) is 2. The van der Waals surface area contributed by atoms with Gasteiger partial charge in [-0.05, 0) is 41.5 Å². The third kappa shape index (κ3) is 6.44. The van der Waals surface area contributed by atoms with Crippen molar-refractivity contribution in [3.8, 4) is 11.5 Å². The van der Waals surface area contributed by atoms with E-state index >= 15 is 0 Å². The van der Waals surface area contributed by atoms with Crippen molar-refractivity contribution in [3.63, 3.8) is 0 Å². The van der Waals surface area contributed by atoms with E-state index in [1.54, 1.807) is 18.2 Å². The number of H-pyrrole nitrogens is 1. The minimum atomic E-state index is -0.752. The minimum Gasteiger partial charge on any atom is -0.492 e. The molecule has 0 radical (unpaired) electrons. The second-order valence-electron chi connectivity index (χ2n) is 8.74. The molecule has 0 aliphatic carbocycles. The van der Waals surface area contributed by atoms with Crippen LogP contribution >= 0.6 is 12.4 Å². The lowest BCUT2D eigenvalue weighted by Gasteiger charge is -2.16. The number of aliphatic hydroxyl groups excluding tert-OH is 1. The number of halogens is 1. The van der Waals surface area contributed by atoms with Gasteiger partial charge in [0.25, 0.3) is 0 Å². The topological polar surface area (TPSA) is 95.6 Å². The van der Waals surface area contributed by atoms with Crippen LogP contribution in [0.2, 0.25) is 0 Å². The van der Waals surface area contributed by atoms with E-state index in [-0.39, 0.29) is 12.4 Å². The van der Waals surface area contributed by atoms with Crippen LogP contribution in [0.1, 0.15) is 17.2 Å². The maximum atomic E-state index is 11.1. The summed E-state index contributed by atoms with van der Waals surface area (Å²) >= 11 is 0. The molecule has 5 rings (SSSR count). The predicted molar refractivity (Wildman–Crippen MR) is 153 cm³/mol. The summed E-state index contributed by atoms with van der Waals surface area (Å²) in [6.45, 7) is 1.75. The van der Waals surface area contributed by atoms with Gasteiger partial charge >= 0.3 is 0 Å². The molecular formula is C30H30ClN3O4. The first kappa shape index (κ1) is 27.0. The van der Waals surface area contributed by atoms with Crippen molar-refractivity contribution in [2.45, 2.75) is 12.7 Å². The summed E-state index contributed by atoms with van der Waals surface area (Å²) in [5, 5.41) is 18.9. The number of aromatic nitrogens is 1. The van der Waals surface area contributed by atoms with E-state index in [2.05, 4.69) is 33.8 Å². The Kier molecular flexibility index (Phi) is 9.21. The smallest absolute Gasteiger partial charge is 0.211 e. The Morgan fingerprint density at radius 1 is 0.868 bits per heavy atom. The van der Waals surface area contributed by atoms with Gasteiger partial charge in [0.1, 0.15) is 24.7 Å². The number of carbonyl (C=O) groups is 1. The van der Waals surface area contributed by atoms with Gasteiger partial charge in [0.15, 0.2) is 0 Å². The van der Waals surface area contributed by atoms with Crippen LogP contribution in [0.4, 0.5) is 5.69 Å². The number of amides is 1. The molecule has 196 valence electrons. The Hall–Kier alpha value is -4.04. The lowest BCUT2D eigenvalue weighted by Crippen LogP contribution is -2.26. The standard InChI is InChI=1S/C30H29N3O4.ClH/c34-20-32-28-16-22(10-13-30(28)37-19-21-6-2-1-3-7-21)29(35)18-31-14-15-36-23-11-12-25-24-8-4-5-9-26(24)33-27(25)17-23;/h1-13,16-17,20,29,31,33,35H,14-15,18-19H2,(H,32,34);1H. The maximum absolute atomic E-state index is 11.1. The molecular weight excluding hydrogens is 502 g/mol. The number of aromatic amines is 1. The van der Waals surface area contributed by atoms with Gasteiger partial charge in [-0.25, -0.2) is 0 Å². The van der Waals surface area contributed by atoms with Gasteiger partial charge in [0.2, 0.25) is 6.41 Å². The van der Waals surface area contributed by atoms with Crippen molar-refractivity contribution in [2.24, 2.45) is 0 Å². The minimum absolute atomic E-state index is 0. The molecule has 5 aromatic rings. The first-order valence-electron chi connectivity index (χ1n) is 12.2. The zero-order valence-corrected chi connectivity index (χ0v) is 21.5. The summed E-state index contributed by atoms with van der Waals surface area (Å²) in [4.78, 5) is 14.5. The molecule has 1 aromatic heterocycles. The van der Waals surface area contributed by atoms with Gasteiger partial charge in [0.05, 0.1) is 17.3 Å². The molecule has 0 saturated carbocycles. The second-order valence-corrected chi connectivity index (χ2v) is 8.74. The Morgan fingerprint density at radius 3 is 2.50 bits per heavy atom. The zero-order chi connectivity index (χ0) is 25.5. The van der Waals surface area contributed by atoms with Gasteiger partial charge < -0.3 is 30.2 Å². The fourth-order valence-corrected chi connectivity index (χ4v) is 4.31. The summed E-state index contributed by atoms with van der Waals surface area (Å²) in [6.07, 6.45) is -0.151. The molecule has 1 unspecified atom stereocenters. The second kappa shape index (κ2) is 13.0. The third-order valence-corrected chi connectivity index (χ3v) is 6.20. The van der Waals surface area contributed by atoms with E-state index in [0.29, 0.717) is 49.7 Å². The number of nitrogens with one attached hydrogen (secondary N) is 3. The van der Waals surface area contributed by atoms with Gasteiger partial charge in [-0.2, -0.15) is 0 Å². The Morgan fingerprint density at radius 2 is 1.66 bits per heavy atom. The van der Waals surface area contributed by atoms with Gasteiger partial charge in [-0.3, -0.25) is 4.79 Å². The Balaban J connectivity index is 0.00000336. The molecule has 0 fully saturated rings. The quantitative estimate of drug-likeness (QED) is 0.124. The van der Waals surface area contributed by atoms with Crippen LogP contribution in [-0.4, -0.2) is 36.2 Å². The van der Waals surface area contributed by atoms with E-state index < -0.39 is 6.10 Å². The average Bonchev–Trinajstić information content (AvgIpc) is 3.30. The molecule has 0 saturated heterocycles. The summed E-state index contributed by atoms with van der Waals surface area (Å²) in [7, 11) is 0. The highest BCUT2D eigenvalue weighted by Gasteiger charge is 2.12. The predicted octanol–water partition coefficient (Wildman–Crippen LogP) is 5.59. The molecule has 0 bridgehead atoms. The molecule has 0 spiro atoms. The third-order valence-electron chi connectivity index (χ3n) is 6.20. The van der Waals surface area contributed by atoms with Gasteiger partial charge in [-0.15, -0.1) is 12.4 Å². The highest BCUT2D eigenvalue weighted by molar-refractivity contribution is 6.07. The number of rotatable bonds is 12. The van der Waals surface area contributed by atoms with Crippen LogP contribution in [0, 0.1) is 0 Å². The number of benzene rings is 4. The largest absolute Gasteiger partial charge is 0.492 e. The van der Waals surface area contributed by atoms with Crippen LogP contribution in [0.15, 0.2) is 91.0 Å². The van der Waals surface area contributed by atoms with E-state index in [1.807, 2.05) is 54.6 Å². The SMILES string of the molecule is Cl.O=CNc1cc(C(O)CNCCOc2ccc3c(c2)[nH]c2ccccc23)ccc1OCc1ccccc1. The fourth-order valence-electron chi connectivity index (χ4n) is 4.31. The van der Waals surface area contributed by atoms with Crippen molar-refractivity contribution in [1.29, 1.82) is 0 Å². The number of carbonyl (C=O) groups excluding carboxylic acids is 1. The maximum Gasteiger partial charge on any atom is 0.211 e. The number of hydrogen-bond donors (Lipinski definition) is 4. The summed E-state index contributed by atoms with van der Waals surface area (Å²) in [5.74, 6) is 1.33. The number of para-hydroxylation sites is 1. The average molecular weight is 532 g/mol. The molecule has 0 aliphatic rings. The van der Waals surface area contributed by atoms with Crippen LogP contribution in [0.5, 0.6) is 11.5 Å². The molecule has 1 atom stereocenters. The first-order valence-corrected chi connectivity index (χ1v) is 12.2. The lowest BCUT2D eigenvalue weighted by atomic mass is 10.1. The summed E-state index contributed by atoms with van der Waals surface area (Å²) in [5.41, 5.74) is 4.36. The van der Waals surface area contributed by atoms with Crippen molar-refractivity contribution in [1.82, 2.24) is 10.3 Å². The van der Waals surface area contributed by atoms with Gasteiger partial charge in [0, 0.05) is 35.4 Å². The van der Waals surface area contributed by atoms with Crippen molar-refractivity contribution in [2.75, 3.05) is 25.0 Å². The number of aliphatic hydroxyl groups is 1. The van der Waals surface area contributed by atoms with E-state index in [9.17, 15) is 9.90 Å². The molecule has 8 heteroatoms. The van der Waals surface area contributed by atoms with Crippen LogP contribution in [-0.2, 0) is 11.4 Å². The van der Waals surface area contributed by atoms with Crippen LogP contribution in [0.3, 0.4) is 0 Å². The lowest BCUT2D eigenvalue weighted by molar-refractivity contribution is -0.105. The Labute approximate surface area is 227 Å². The fraction of sp³-hybridized carbons (Fsp3) is 0.167. The Bertz CT molecular complexity index is 1490. The van der Waals surface area contributed by atoms with Crippen molar-refractivity contribution >= 4 is 46.3 Å². The molecule has 1 heterocycles. The van der Waals surface area contributed by atoms with Crippen molar-refractivity contribution in [3.05, 3.63) is 102 Å². The summed E-state index contributed by atoms with van der Waals surface area (Å²) < 4.78 is 11.8. The molecule has 4 aromatic carbocycles. The first-order chi connectivity index (χ1) is 18.2. The van der Waals surface area contributed by atoms with E-state index in [1.165, 1.54) is 10.8 Å². The molecule has 4 N–H and O–H groups in total. The van der Waals surface area contributed by atoms with Crippen LogP contribution < -0.4 is 20.1 Å². The normalized spacial score (nSPS) is 11.6. The van der Waals surface area contributed by atoms with Crippen molar-refractivity contribution < 1.29 is 19.4 Å². The molecule has 7 nitrogen and oxygen atoms in total. The molecule has 1 amide bonds. The van der Waals surface area contributed by atoms with E-state index in [0.717, 1.165) is 22.3 Å². The highest BCUT2D eigenvalue weighted by Crippen LogP contribution is 2.29.